The molecule has 4 heteroatoms. The summed E-state index contributed by atoms with van der Waals surface area (Å²) in [5, 5.41) is 0. The second-order valence-corrected chi connectivity index (χ2v) is 5.19. The molecular weight excluding hydrogens is 266 g/mol. The van der Waals surface area contributed by atoms with E-state index in [0.717, 1.165) is 43.0 Å². The molecule has 110 valence electrons. The number of carbonyl (C=O) groups is 1. The van der Waals surface area contributed by atoms with E-state index in [9.17, 15) is 4.79 Å². The summed E-state index contributed by atoms with van der Waals surface area (Å²) in [4.78, 5) is 13.9. The molecule has 1 aromatic carbocycles. The number of rotatable bonds is 3. The Bertz CT molecular complexity index is 571. The van der Waals surface area contributed by atoms with E-state index in [-0.39, 0.29) is 12.7 Å². The largest absolute Gasteiger partial charge is 0.454 e. The molecule has 0 N–H and O–H groups in total. The highest BCUT2D eigenvalue weighted by molar-refractivity contribution is 5.88. The van der Waals surface area contributed by atoms with Crippen molar-refractivity contribution in [1.82, 2.24) is 4.90 Å². The third kappa shape index (κ3) is 3.27. The van der Waals surface area contributed by atoms with Gasteiger partial charge in [0.05, 0.1) is 0 Å². The summed E-state index contributed by atoms with van der Waals surface area (Å²) in [5.74, 6) is 1.63. The lowest BCUT2D eigenvalue weighted by molar-refractivity contribution is -0.126. The normalized spacial score (nSPS) is 17.8. The molecule has 0 radical (unpaired) electrons. The minimum Gasteiger partial charge on any atom is -0.454 e. The van der Waals surface area contributed by atoms with Crippen molar-refractivity contribution in [2.24, 2.45) is 0 Å². The van der Waals surface area contributed by atoms with E-state index in [1.54, 1.807) is 12.2 Å². The van der Waals surface area contributed by atoms with Crippen LogP contribution >= 0.6 is 0 Å². The van der Waals surface area contributed by atoms with Crippen LogP contribution in [0, 0.1) is 0 Å². The molecule has 1 fully saturated rings. The first-order valence-electron chi connectivity index (χ1n) is 7.37. The van der Waals surface area contributed by atoms with Gasteiger partial charge in [0, 0.05) is 24.7 Å². The lowest BCUT2D eigenvalue weighted by atomic mass is 10.1. The topological polar surface area (TPSA) is 38.8 Å². The molecule has 0 aliphatic carbocycles. The number of allylic oxidation sites excluding steroid dienone is 2. The minimum atomic E-state index is 0.0947. The van der Waals surface area contributed by atoms with Crippen LogP contribution in [0.3, 0.4) is 0 Å². The number of fused-ring (bicyclic) bond motifs is 1. The molecule has 0 unspecified atom stereocenters. The second-order valence-electron chi connectivity index (χ2n) is 5.19. The van der Waals surface area contributed by atoms with Crippen LogP contribution in [0.5, 0.6) is 11.5 Å². The molecule has 0 spiro atoms. The van der Waals surface area contributed by atoms with Gasteiger partial charge >= 0.3 is 0 Å². The second kappa shape index (κ2) is 6.48. The van der Waals surface area contributed by atoms with Crippen LogP contribution in [-0.4, -0.2) is 30.7 Å². The van der Waals surface area contributed by atoms with Crippen molar-refractivity contribution in [3.63, 3.8) is 0 Å². The summed E-state index contributed by atoms with van der Waals surface area (Å²) in [7, 11) is 0. The van der Waals surface area contributed by atoms with Gasteiger partial charge in [0.1, 0.15) is 0 Å². The first-order valence-corrected chi connectivity index (χ1v) is 7.37. The Morgan fingerprint density at radius 3 is 2.81 bits per heavy atom. The van der Waals surface area contributed by atoms with Crippen molar-refractivity contribution in [2.45, 2.75) is 19.3 Å². The molecule has 1 amide bonds. The number of carbonyl (C=O) groups excluding carboxylic acids is 1. The average Bonchev–Trinajstić information content (AvgIpc) is 3.01. The van der Waals surface area contributed by atoms with E-state index in [1.807, 2.05) is 35.3 Å². The van der Waals surface area contributed by atoms with E-state index in [1.165, 1.54) is 6.42 Å². The Morgan fingerprint density at radius 1 is 1.10 bits per heavy atom. The molecule has 1 saturated heterocycles. The van der Waals surface area contributed by atoms with Crippen LogP contribution in [-0.2, 0) is 4.79 Å². The highest BCUT2D eigenvalue weighted by Crippen LogP contribution is 2.35. The third-order valence-electron chi connectivity index (χ3n) is 3.72. The molecule has 3 rings (SSSR count). The Morgan fingerprint density at radius 2 is 1.95 bits per heavy atom. The number of hydrogen-bond acceptors (Lipinski definition) is 3. The summed E-state index contributed by atoms with van der Waals surface area (Å²) in [6.45, 7) is 2.03. The molecule has 1 aromatic rings. The maximum Gasteiger partial charge on any atom is 0.246 e. The quantitative estimate of drug-likeness (QED) is 0.633. The average molecular weight is 285 g/mol. The van der Waals surface area contributed by atoms with Crippen molar-refractivity contribution in [3.8, 4) is 11.5 Å². The van der Waals surface area contributed by atoms with Gasteiger partial charge in [-0.1, -0.05) is 30.4 Å². The minimum absolute atomic E-state index is 0.0947. The predicted octanol–water partition coefficient (Wildman–Crippen LogP) is 3.00. The Kier molecular flexibility index (Phi) is 4.24. The van der Waals surface area contributed by atoms with E-state index in [2.05, 4.69) is 0 Å². The molecule has 0 bridgehead atoms. The molecule has 2 aliphatic heterocycles. The maximum atomic E-state index is 12.0. The molecule has 0 atom stereocenters. The van der Waals surface area contributed by atoms with Gasteiger partial charge in [-0.05, 0) is 25.3 Å². The molecular formula is C17H19NO3. The third-order valence-corrected chi connectivity index (χ3v) is 3.72. The fourth-order valence-electron chi connectivity index (χ4n) is 2.60. The molecule has 2 heterocycles. The van der Waals surface area contributed by atoms with Gasteiger partial charge < -0.3 is 14.4 Å². The van der Waals surface area contributed by atoms with Crippen LogP contribution in [0.25, 0.3) is 6.08 Å². The van der Waals surface area contributed by atoms with Crippen LogP contribution < -0.4 is 9.47 Å². The fourth-order valence-corrected chi connectivity index (χ4v) is 2.60. The van der Waals surface area contributed by atoms with Gasteiger partial charge in [-0.25, -0.2) is 0 Å². The summed E-state index contributed by atoms with van der Waals surface area (Å²) in [6, 6.07) is 5.77. The maximum absolute atomic E-state index is 12.0. The van der Waals surface area contributed by atoms with Gasteiger partial charge in [0.25, 0.3) is 0 Å². The van der Waals surface area contributed by atoms with Crippen LogP contribution in [0.2, 0.25) is 0 Å². The Labute approximate surface area is 124 Å². The molecule has 4 nitrogen and oxygen atoms in total. The van der Waals surface area contributed by atoms with Crippen LogP contribution in [0.15, 0.2) is 36.4 Å². The zero-order chi connectivity index (χ0) is 14.5. The number of amides is 1. The van der Waals surface area contributed by atoms with E-state index < -0.39 is 0 Å². The van der Waals surface area contributed by atoms with Crippen molar-refractivity contribution in [1.29, 1.82) is 0 Å². The van der Waals surface area contributed by atoms with Gasteiger partial charge in [-0.3, -0.25) is 4.79 Å². The number of hydrogen-bond donors (Lipinski definition) is 0. The lowest BCUT2D eigenvalue weighted by Crippen LogP contribution is -2.34. The van der Waals surface area contributed by atoms with E-state index >= 15 is 0 Å². The zero-order valence-corrected chi connectivity index (χ0v) is 12.0. The predicted molar refractivity (Wildman–Crippen MR) is 81.2 cm³/mol. The summed E-state index contributed by atoms with van der Waals surface area (Å²) in [6.07, 6.45) is 10.7. The summed E-state index contributed by atoms with van der Waals surface area (Å²) >= 11 is 0. The first-order chi connectivity index (χ1) is 10.3. The monoisotopic (exact) mass is 285 g/mol. The first kappa shape index (κ1) is 13.7. The summed E-state index contributed by atoms with van der Waals surface area (Å²) in [5.41, 5.74) is 0.958. The van der Waals surface area contributed by atoms with Crippen molar-refractivity contribution < 1.29 is 14.3 Å². The van der Waals surface area contributed by atoms with Gasteiger partial charge in [-0.15, -0.1) is 0 Å². The number of likely N-dealkylation sites (tertiary alicyclic amines) is 1. The lowest BCUT2D eigenvalue weighted by Gasteiger charge is -2.25. The number of piperidine rings is 1. The zero-order valence-electron chi connectivity index (χ0n) is 12.0. The van der Waals surface area contributed by atoms with E-state index in [0.29, 0.717) is 0 Å². The molecule has 21 heavy (non-hydrogen) atoms. The number of nitrogens with zero attached hydrogens (tertiary/aromatic N) is 1. The van der Waals surface area contributed by atoms with Gasteiger partial charge in [0.15, 0.2) is 11.5 Å². The van der Waals surface area contributed by atoms with Crippen molar-refractivity contribution in [2.75, 3.05) is 19.9 Å². The van der Waals surface area contributed by atoms with Crippen molar-refractivity contribution >= 4 is 12.0 Å². The standard InChI is InChI=1S/C17H19NO3/c19-16(18-11-4-1-5-12-18)10-3-2-7-14-8-6-9-15-17(14)21-13-20-15/h2-3,6-10H,1,4-5,11-13H2/b7-2-,10-3+. The molecule has 2 aliphatic rings. The summed E-state index contributed by atoms with van der Waals surface area (Å²) < 4.78 is 10.8. The smallest absolute Gasteiger partial charge is 0.246 e. The SMILES string of the molecule is O=C(/C=C/C=C\c1cccc2c1OCO2)N1CCCCC1. The van der Waals surface area contributed by atoms with Crippen LogP contribution in [0.4, 0.5) is 0 Å². The molecule has 0 saturated carbocycles. The highest BCUT2D eigenvalue weighted by Gasteiger charge is 2.15. The highest BCUT2D eigenvalue weighted by atomic mass is 16.7. The number of ether oxygens (including phenoxy) is 2. The Balaban J connectivity index is 1.60. The molecule has 0 aromatic heterocycles. The number of para-hydroxylation sites is 1. The van der Waals surface area contributed by atoms with E-state index in [4.69, 9.17) is 9.47 Å². The Hall–Kier alpha value is -2.23. The van der Waals surface area contributed by atoms with Gasteiger partial charge in [0.2, 0.25) is 12.7 Å². The van der Waals surface area contributed by atoms with Gasteiger partial charge in [-0.2, -0.15) is 0 Å². The van der Waals surface area contributed by atoms with Crippen molar-refractivity contribution in [3.05, 3.63) is 42.0 Å². The fraction of sp³-hybridized carbons (Fsp3) is 0.353. The van der Waals surface area contributed by atoms with Crippen LogP contribution in [0.1, 0.15) is 24.8 Å². The number of benzene rings is 1.